The van der Waals surface area contributed by atoms with Crippen LogP contribution in [-0.2, 0) is 23.9 Å². The molecule has 9 nitrogen and oxygen atoms in total. The predicted octanol–water partition coefficient (Wildman–Crippen LogP) is 2.98. The maximum atomic E-state index is 13.8. The van der Waals surface area contributed by atoms with Crippen LogP contribution in [0.25, 0.3) is 0 Å². The first kappa shape index (κ1) is 31.8. The zero-order chi connectivity index (χ0) is 28.7. The van der Waals surface area contributed by atoms with E-state index in [4.69, 9.17) is 4.74 Å². The second kappa shape index (κ2) is 14.1. The van der Waals surface area contributed by atoms with Gasteiger partial charge in [-0.1, -0.05) is 40.2 Å². The van der Waals surface area contributed by atoms with E-state index in [0.717, 1.165) is 32.2 Å². The molecule has 2 saturated heterocycles. The first-order valence-corrected chi connectivity index (χ1v) is 14.2. The summed E-state index contributed by atoms with van der Waals surface area (Å²) in [4.78, 5) is 58.0. The minimum Gasteiger partial charge on any atom is -0.467 e. The minimum atomic E-state index is -0.670. The number of likely N-dealkylation sites (N-methyl/N-ethyl adjacent to an activating group) is 1. The van der Waals surface area contributed by atoms with E-state index in [1.54, 1.807) is 23.8 Å². The van der Waals surface area contributed by atoms with Crippen LogP contribution in [0.15, 0.2) is 11.6 Å². The Balaban J connectivity index is 2.21. The average molecular weight is 535 g/mol. The van der Waals surface area contributed by atoms with E-state index in [0.29, 0.717) is 18.5 Å². The molecule has 4 atom stereocenters. The number of carbonyl (C=O) groups is 4. The Morgan fingerprint density at radius 1 is 0.921 bits per heavy atom. The van der Waals surface area contributed by atoms with Crippen molar-refractivity contribution in [2.75, 3.05) is 27.2 Å². The fourth-order valence-electron chi connectivity index (χ4n) is 5.68. The number of rotatable bonds is 10. The third kappa shape index (κ3) is 7.58. The van der Waals surface area contributed by atoms with Gasteiger partial charge in [0.25, 0.3) is 0 Å². The third-order valence-corrected chi connectivity index (χ3v) is 7.96. The Morgan fingerprint density at radius 2 is 1.55 bits per heavy atom. The third-order valence-electron chi connectivity index (χ3n) is 7.96. The highest BCUT2D eigenvalue weighted by Gasteiger charge is 2.38. The lowest BCUT2D eigenvalue weighted by Gasteiger charge is -2.39. The summed E-state index contributed by atoms with van der Waals surface area (Å²) in [5, 5.41) is 3.07. The van der Waals surface area contributed by atoms with E-state index in [2.05, 4.69) is 24.1 Å². The van der Waals surface area contributed by atoms with Crippen molar-refractivity contribution in [3.05, 3.63) is 11.6 Å². The standard InChI is InChI=1S/C29H50N4O5/c1-18(2)24(17-21(7)27(35)33-16-12-14-23(33)29(37)38-9)31(8)28(36)25(19(3)4)30-26(34)22-13-10-11-15-32(22)20(5)6/h17-20,22-25H,10-16H2,1-9H3,(H,30,34)/t22-,23-,24-,25+/m1/s1. The number of carbonyl (C=O) groups excluding carboxylic acids is 4. The largest absolute Gasteiger partial charge is 0.467 e. The van der Waals surface area contributed by atoms with Gasteiger partial charge in [-0.25, -0.2) is 4.79 Å². The summed E-state index contributed by atoms with van der Waals surface area (Å²) in [6.07, 6.45) is 6.02. The highest BCUT2D eigenvalue weighted by molar-refractivity contribution is 5.96. The number of likely N-dealkylation sites (tertiary alicyclic amines) is 2. The molecule has 3 amide bonds. The summed E-state index contributed by atoms with van der Waals surface area (Å²) in [6.45, 7) is 15.2. The number of esters is 1. The number of amides is 3. The van der Waals surface area contributed by atoms with E-state index in [1.807, 2.05) is 33.8 Å². The Bertz CT molecular complexity index is 884. The number of hydrogen-bond acceptors (Lipinski definition) is 6. The molecule has 0 aromatic carbocycles. The molecule has 2 aliphatic heterocycles. The van der Waals surface area contributed by atoms with E-state index in [-0.39, 0.29) is 47.7 Å². The molecule has 0 unspecified atom stereocenters. The molecule has 0 spiro atoms. The van der Waals surface area contributed by atoms with Crippen molar-refractivity contribution in [3.8, 4) is 0 Å². The van der Waals surface area contributed by atoms with E-state index in [1.165, 1.54) is 7.11 Å². The number of nitrogens with one attached hydrogen (secondary N) is 1. The molecule has 216 valence electrons. The smallest absolute Gasteiger partial charge is 0.328 e. The Kier molecular flexibility index (Phi) is 11.8. The number of hydrogen-bond donors (Lipinski definition) is 1. The van der Waals surface area contributed by atoms with Crippen LogP contribution in [0, 0.1) is 11.8 Å². The molecule has 1 N–H and O–H groups in total. The van der Waals surface area contributed by atoms with Gasteiger partial charge < -0.3 is 19.9 Å². The molecule has 0 aliphatic carbocycles. The van der Waals surface area contributed by atoms with Crippen LogP contribution in [0.4, 0.5) is 0 Å². The van der Waals surface area contributed by atoms with Gasteiger partial charge in [0.05, 0.1) is 19.2 Å². The van der Waals surface area contributed by atoms with Crippen LogP contribution in [0.2, 0.25) is 0 Å². The van der Waals surface area contributed by atoms with Crippen LogP contribution in [-0.4, -0.2) is 95.8 Å². The van der Waals surface area contributed by atoms with Crippen molar-refractivity contribution >= 4 is 23.7 Å². The van der Waals surface area contributed by atoms with E-state index >= 15 is 0 Å². The van der Waals surface area contributed by atoms with Crippen molar-refractivity contribution in [2.45, 2.75) is 111 Å². The van der Waals surface area contributed by atoms with Crippen molar-refractivity contribution in [1.82, 2.24) is 20.0 Å². The molecule has 2 rings (SSSR count). The molecule has 0 bridgehead atoms. The molecular formula is C29H50N4O5. The maximum absolute atomic E-state index is 13.8. The molecule has 0 radical (unpaired) electrons. The molecule has 2 aliphatic rings. The lowest BCUT2D eigenvalue weighted by Crippen LogP contribution is -2.58. The van der Waals surface area contributed by atoms with Gasteiger partial charge in [0.15, 0.2) is 0 Å². The monoisotopic (exact) mass is 534 g/mol. The van der Waals surface area contributed by atoms with Crippen LogP contribution in [0.1, 0.15) is 80.6 Å². The Labute approximate surface area is 229 Å². The Morgan fingerprint density at radius 3 is 2.11 bits per heavy atom. The number of methoxy groups -OCH3 is 1. The summed E-state index contributed by atoms with van der Waals surface area (Å²) >= 11 is 0. The predicted molar refractivity (Wildman–Crippen MR) is 148 cm³/mol. The summed E-state index contributed by atoms with van der Waals surface area (Å²) in [5.74, 6) is -0.964. The molecule has 2 heterocycles. The molecule has 38 heavy (non-hydrogen) atoms. The maximum Gasteiger partial charge on any atom is 0.328 e. The Hall–Kier alpha value is -2.42. The summed E-state index contributed by atoms with van der Waals surface area (Å²) in [6, 6.07) is -1.57. The molecule has 0 aromatic rings. The van der Waals surface area contributed by atoms with E-state index < -0.39 is 18.1 Å². The number of ether oxygens (including phenoxy) is 1. The molecule has 9 heteroatoms. The van der Waals surface area contributed by atoms with Crippen LogP contribution < -0.4 is 5.32 Å². The SMILES string of the molecule is COC(=O)[C@H]1CCCN1C(=O)C(C)=C[C@H](C(C)C)N(C)C(=O)[C@@H](NC(=O)[C@H]1CCCCN1C(C)C)C(C)C. The summed E-state index contributed by atoms with van der Waals surface area (Å²) < 4.78 is 4.88. The second-order valence-electron chi connectivity index (χ2n) is 11.8. The van der Waals surface area contributed by atoms with Gasteiger partial charge in [0.1, 0.15) is 12.1 Å². The summed E-state index contributed by atoms with van der Waals surface area (Å²) in [5.41, 5.74) is 0.485. The van der Waals surface area contributed by atoms with Gasteiger partial charge in [-0.2, -0.15) is 0 Å². The van der Waals surface area contributed by atoms with Gasteiger partial charge in [0.2, 0.25) is 17.7 Å². The van der Waals surface area contributed by atoms with Gasteiger partial charge in [-0.15, -0.1) is 0 Å². The topological polar surface area (TPSA) is 99.3 Å². The fraction of sp³-hybridized carbons (Fsp3) is 0.793. The minimum absolute atomic E-state index is 0.0278. The molecular weight excluding hydrogens is 484 g/mol. The van der Waals surface area contributed by atoms with Gasteiger partial charge in [-0.05, 0) is 64.8 Å². The highest BCUT2D eigenvalue weighted by atomic mass is 16.5. The molecule has 0 aromatic heterocycles. The fourth-order valence-corrected chi connectivity index (χ4v) is 5.68. The quantitative estimate of drug-likeness (QED) is 0.342. The van der Waals surface area contributed by atoms with Crippen LogP contribution in [0.5, 0.6) is 0 Å². The number of nitrogens with zero attached hydrogens (tertiary/aromatic N) is 3. The lowest BCUT2D eigenvalue weighted by atomic mass is 9.95. The van der Waals surface area contributed by atoms with Crippen LogP contribution >= 0.6 is 0 Å². The number of piperidine rings is 1. The zero-order valence-electron chi connectivity index (χ0n) is 25.0. The van der Waals surface area contributed by atoms with Crippen molar-refractivity contribution in [3.63, 3.8) is 0 Å². The van der Waals surface area contributed by atoms with Gasteiger partial charge in [0, 0.05) is 25.2 Å². The van der Waals surface area contributed by atoms with Crippen molar-refractivity contribution in [2.24, 2.45) is 11.8 Å². The van der Waals surface area contributed by atoms with Crippen LogP contribution in [0.3, 0.4) is 0 Å². The normalized spacial score (nSPS) is 22.5. The van der Waals surface area contributed by atoms with Gasteiger partial charge in [-0.3, -0.25) is 19.3 Å². The van der Waals surface area contributed by atoms with Crippen molar-refractivity contribution < 1.29 is 23.9 Å². The average Bonchev–Trinajstić information content (AvgIpc) is 3.37. The van der Waals surface area contributed by atoms with Gasteiger partial charge >= 0.3 is 5.97 Å². The summed E-state index contributed by atoms with van der Waals surface area (Å²) in [7, 11) is 3.07. The lowest BCUT2D eigenvalue weighted by molar-refractivity contribution is -0.149. The zero-order valence-corrected chi connectivity index (χ0v) is 25.0. The first-order chi connectivity index (χ1) is 17.8. The van der Waals surface area contributed by atoms with E-state index in [9.17, 15) is 19.2 Å². The molecule has 0 saturated carbocycles. The molecule has 2 fully saturated rings. The second-order valence-corrected chi connectivity index (χ2v) is 11.8. The van der Waals surface area contributed by atoms with Crippen molar-refractivity contribution in [1.29, 1.82) is 0 Å². The first-order valence-electron chi connectivity index (χ1n) is 14.2. The highest BCUT2D eigenvalue weighted by Crippen LogP contribution is 2.24.